The van der Waals surface area contributed by atoms with Crippen LogP contribution in [0, 0.1) is 6.92 Å². The minimum Gasteiger partial charge on any atom is -0.337 e. The van der Waals surface area contributed by atoms with Gasteiger partial charge in [0.05, 0.1) is 0 Å². The van der Waals surface area contributed by atoms with Gasteiger partial charge in [-0.05, 0) is 32.6 Å². The van der Waals surface area contributed by atoms with Gasteiger partial charge in [0.25, 0.3) is 10.0 Å². The zero-order valence-electron chi connectivity index (χ0n) is 10.6. The molecule has 0 aliphatic heterocycles. The van der Waals surface area contributed by atoms with E-state index in [-0.39, 0.29) is 11.1 Å². The van der Waals surface area contributed by atoms with Crippen LogP contribution in [-0.2, 0) is 17.1 Å². The third-order valence-corrected chi connectivity index (χ3v) is 5.65. The van der Waals surface area contributed by atoms with E-state index in [1.807, 2.05) is 0 Å². The van der Waals surface area contributed by atoms with Crippen molar-refractivity contribution >= 4 is 26.0 Å². The van der Waals surface area contributed by atoms with E-state index >= 15 is 0 Å². The molecule has 7 heteroatoms. The van der Waals surface area contributed by atoms with Crippen molar-refractivity contribution in [2.24, 2.45) is 7.05 Å². The number of nitrogens with zero attached hydrogens (tertiary/aromatic N) is 2. The van der Waals surface area contributed by atoms with E-state index in [4.69, 9.17) is 0 Å². The maximum Gasteiger partial charge on any atom is 0.259 e. The normalized spacial score (nSPS) is 25.3. The second kappa shape index (κ2) is 5.30. The second-order valence-corrected chi connectivity index (χ2v) is 7.76. The summed E-state index contributed by atoms with van der Waals surface area (Å²) in [6.45, 7) is 1.79. The highest BCUT2D eigenvalue weighted by atomic mass is 79.9. The summed E-state index contributed by atoms with van der Waals surface area (Å²) >= 11 is 3.56. The van der Waals surface area contributed by atoms with E-state index in [0.717, 1.165) is 25.7 Å². The first-order valence-corrected chi connectivity index (χ1v) is 8.45. The van der Waals surface area contributed by atoms with Gasteiger partial charge in [-0.3, -0.25) is 0 Å². The zero-order chi connectivity index (χ0) is 13.3. The van der Waals surface area contributed by atoms with Crippen LogP contribution in [0.2, 0.25) is 0 Å². The molecule has 102 valence electrons. The number of aryl methyl sites for hydroxylation is 2. The number of alkyl halides is 1. The molecule has 1 aromatic heterocycles. The van der Waals surface area contributed by atoms with Gasteiger partial charge in [0.1, 0.15) is 5.82 Å². The van der Waals surface area contributed by atoms with Gasteiger partial charge < -0.3 is 4.57 Å². The topological polar surface area (TPSA) is 64.0 Å². The molecular weight excluding hydrogens is 318 g/mol. The molecule has 18 heavy (non-hydrogen) atoms. The van der Waals surface area contributed by atoms with Crippen molar-refractivity contribution in [2.45, 2.75) is 48.5 Å². The van der Waals surface area contributed by atoms with Crippen molar-refractivity contribution in [3.8, 4) is 0 Å². The lowest BCUT2D eigenvalue weighted by Gasteiger charge is -2.25. The molecule has 1 N–H and O–H groups in total. The van der Waals surface area contributed by atoms with Crippen molar-refractivity contribution in [2.75, 3.05) is 0 Å². The molecule has 5 nitrogen and oxygen atoms in total. The van der Waals surface area contributed by atoms with Crippen LogP contribution in [0.5, 0.6) is 0 Å². The smallest absolute Gasteiger partial charge is 0.259 e. The molecule has 1 fully saturated rings. The monoisotopic (exact) mass is 335 g/mol. The number of rotatable bonds is 3. The molecule has 1 aliphatic carbocycles. The molecule has 0 spiro atoms. The van der Waals surface area contributed by atoms with Crippen LogP contribution in [-0.4, -0.2) is 28.8 Å². The molecule has 0 atom stereocenters. The van der Waals surface area contributed by atoms with Crippen LogP contribution in [0.4, 0.5) is 0 Å². The van der Waals surface area contributed by atoms with Gasteiger partial charge in [0.15, 0.2) is 5.03 Å². The minimum atomic E-state index is -3.48. The average molecular weight is 336 g/mol. The van der Waals surface area contributed by atoms with Crippen LogP contribution < -0.4 is 4.72 Å². The Morgan fingerprint density at radius 3 is 2.50 bits per heavy atom. The number of nitrogens with one attached hydrogen (secondary N) is 1. The molecular formula is C11H18BrN3O2S. The van der Waals surface area contributed by atoms with Crippen LogP contribution in [0.25, 0.3) is 0 Å². The highest BCUT2D eigenvalue weighted by molar-refractivity contribution is 9.09. The summed E-state index contributed by atoms with van der Waals surface area (Å²) in [5, 5.41) is 0.114. The van der Waals surface area contributed by atoms with E-state index in [9.17, 15) is 8.42 Å². The van der Waals surface area contributed by atoms with E-state index < -0.39 is 10.0 Å². The summed E-state index contributed by atoms with van der Waals surface area (Å²) in [6, 6.07) is 0.0334. The summed E-state index contributed by atoms with van der Waals surface area (Å²) in [5.74, 6) is 0.694. The fourth-order valence-corrected chi connectivity index (χ4v) is 3.98. The largest absolute Gasteiger partial charge is 0.337 e. The Labute approximate surface area is 116 Å². The first kappa shape index (κ1) is 14.0. The molecule has 0 radical (unpaired) electrons. The molecule has 0 bridgehead atoms. The Morgan fingerprint density at radius 1 is 1.39 bits per heavy atom. The molecule has 0 amide bonds. The first-order chi connectivity index (χ1) is 8.38. The molecule has 0 saturated heterocycles. The van der Waals surface area contributed by atoms with Gasteiger partial charge in [0.2, 0.25) is 0 Å². The van der Waals surface area contributed by atoms with Crippen LogP contribution >= 0.6 is 15.9 Å². The molecule has 1 saturated carbocycles. The maximum absolute atomic E-state index is 12.1. The fraction of sp³-hybridized carbons (Fsp3) is 0.727. The van der Waals surface area contributed by atoms with E-state index in [1.54, 1.807) is 24.7 Å². The van der Waals surface area contributed by atoms with Crippen LogP contribution in [0.15, 0.2) is 11.2 Å². The summed E-state index contributed by atoms with van der Waals surface area (Å²) in [4.78, 5) is 4.59. The molecule has 1 heterocycles. The lowest BCUT2D eigenvalue weighted by molar-refractivity contribution is 0.422. The molecule has 2 rings (SSSR count). The Hall–Kier alpha value is -0.400. The quantitative estimate of drug-likeness (QED) is 0.855. The summed E-state index contributed by atoms with van der Waals surface area (Å²) in [6.07, 6.45) is 5.32. The minimum absolute atomic E-state index is 0.0334. The molecule has 0 unspecified atom stereocenters. The number of hydrogen-bond acceptors (Lipinski definition) is 3. The number of hydrogen-bond donors (Lipinski definition) is 1. The molecule has 1 aliphatic rings. The van der Waals surface area contributed by atoms with Gasteiger partial charge >= 0.3 is 0 Å². The summed E-state index contributed by atoms with van der Waals surface area (Å²) in [5.41, 5.74) is 0. The lowest BCUT2D eigenvalue weighted by Crippen LogP contribution is -2.37. The first-order valence-electron chi connectivity index (χ1n) is 6.05. The second-order valence-electron chi connectivity index (χ2n) is 4.81. The van der Waals surface area contributed by atoms with Crippen LogP contribution in [0.1, 0.15) is 31.5 Å². The Bertz CT molecular complexity index is 499. The maximum atomic E-state index is 12.1. The summed E-state index contributed by atoms with van der Waals surface area (Å²) in [7, 11) is -1.69. The predicted molar refractivity (Wildman–Crippen MR) is 73.2 cm³/mol. The predicted octanol–water partition coefficient (Wildman–Crippen LogP) is 1.71. The van der Waals surface area contributed by atoms with E-state index in [2.05, 4.69) is 25.6 Å². The highest BCUT2D eigenvalue weighted by Crippen LogP contribution is 2.25. The standard InChI is InChI=1S/C11H18BrN3O2S/c1-8-13-11(7-15(8)2)18(16,17)14-10-5-3-9(12)4-6-10/h7,9-10,14H,3-6H2,1-2H3. The number of imidazole rings is 1. The third-order valence-electron chi connectivity index (χ3n) is 3.34. The van der Waals surface area contributed by atoms with Gasteiger partial charge in [-0.1, -0.05) is 15.9 Å². The number of sulfonamides is 1. The van der Waals surface area contributed by atoms with Crippen molar-refractivity contribution in [3.05, 3.63) is 12.0 Å². The summed E-state index contributed by atoms with van der Waals surface area (Å²) < 4.78 is 28.8. The fourth-order valence-electron chi connectivity index (χ4n) is 2.11. The van der Waals surface area contributed by atoms with Crippen molar-refractivity contribution in [1.82, 2.24) is 14.3 Å². The lowest BCUT2D eigenvalue weighted by atomic mass is 9.96. The van der Waals surface area contributed by atoms with Crippen molar-refractivity contribution in [3.63, 3.8) is 0 Å². The number of aromatic nitrogens is 2. The SMILES string of the molecule is Cc1nc(S(=O)(=O)NC2CCC(Br)CC2)cn1C. The highest BCUT2D eigenvalue weighted by Gasteiger charge is 2.26. The molecule has 1 aromatic rings. The van der Waals surface area contributed by atoms with Gasteiger partial charge in [-0.2, -0.15) is 0 Å². The van der Waals surface area contributed by atoms with E-state index in [0.29, 0.717) is 10.7 Å². The average Bonchev–Trinajstić information content (AvgIpc) is 2.63. The Morgan fingerprint density at radius 2 is 2.00 bits per heavy atom. The Kier molecular flexibility index (Phi) is 4.13. The van der Waals surface area contributed by atoms with Crippen molar-refractivity contribution in [1.29, 1.82) is 0 Å². The van der Waals surface area contributed by atoms with Crippen molar-refractivity contribution < 1.29 is 8.42 Å². The van der Waals surface area contributed by atoms with Gasteiger partial charge in [-0.15, -0.1) is 0 Å². The molecule has 0 aromatic carbocycles. The number of halogens is 1. The zero-order valence-corrected chi connectivity index (χ0v) is 13.0. The van der Waals surface area contributed by atoms with Crippen LogP contribution in [0.3, 0.4) is 0 Å². The van der Waals surface area contributed by atoms with Gasteiger partial charge in [0, 0.05) is 24.1 Å². The Balaban J connectivity index is 2.08. The van der Waals surface area contributed by atoms with E-state index in [1.165, 1.54) is 0 Å². The van der Waals surface area contributed by atoms with Gasteiger partial charge in [-0.25, -0.2) is 18.1 Å². The third kappa shape index (κ3) is 3.13.